The summed E-state index contributed by atoms with van der Waals surface area (Å²) in [5, 5.41) is 14.2. The summed E-state index contributed by atoms with van der Waals surface area (Å²) in [5.74, 6) is 0.869. The molecule has 20 heavy (non-hydrogen) atoms. The first-order valence-corrected chi connectivity index (χ1v) is 6.38. The molecule has 0 saturated carbocycles. The molecule has 0 amide bonds. The van der Waals surface area contributed by atoms with Crippen LogP contribution in [0.15, 0.2) is 42.5 Å². The number of hydrogen-bond acceptors (Lipinski definition) is 4. The molecule has 1 atom stereocenters. The van der Waals surface area contributed by atoms with Crippen LogP contribution in [0.2, 0.25) is 0 Å². The van der Waals surface area contributed by atoms with Crippen LogP contribution in [0.3, 0.4) is 0 Å². The van der Waals surface area contributed by atoms with E-state index >= 15 is 0 Å². The fraction of sp³-hybridized carbons (Fsp3) is 0.200. The Morgan fingerprint density at radius 2 is 2.10 bits per heavy atom. The van der Waals surface area contributed by atoms with Gasteiger partial charge in [-0.25, -0.2) is 0 Å². The van der Waals surface area contributed by atoms with E-state index in [1.54, 1.807) is 12.1 Å². The molecule has 102 valence electrons. The third kappa shape index (κ3) is 2.18. The highest BCUT2D eigenvalue weighted by Gasteiger charge is 2.24. The first kappa shape index (κ1) is 12.5. The Hall–Kier alpha value is -2.56. The van der Waals surface area contributed by atoms with Gasteiger partial charge in [0, 0.05) is 23.4 Å². The van der Waals surface area contributed by atoms with Crippen molar-refractivity contribution < 1.29 is 9.66 Å². The number of nitro groups is 1. The van der Waals surface area contributed by atoms with Gasteiger partial charge in [-0.1, -0.05) is 24.3 Å². The third-order valence-electron chi connectivity index (χ3n) is 3.46. The summed E-state index contributed by atoms with van der Waals surface area (Å²) in [5.41, 5.74) is 2.91. The lowest BCUT2D eigenvalue weighted by Gasteiger charge is -2.15. The minimum Gasteiger partial charge on any atom is -0.491 e. The van der Waals surface area contributed by atoms with Crippen molar-refractivity contribution in [2.45, 2.75) is 13.0 Å². The summed E-state index contributed by atoms with van der Waals surface area (Å²) in [7, 11) is 0. The highest BCUT2D eigenvalue weighted by atomic mass is 16.6. The van der Waals surface area contributed by atoms with Crippen LogP contribution in [0.1, 0.15) is 17.2 Å². The largest absolute Gasteiger partial charge is 0.491 e. The SMILES string of the molecule is Cc1ccc([N+](=O)[O-])cc1NC1COc2ccccc21. The molecule has 5 heteroatoms. The standard InChI is InChI=1S/C15H14N2O3/c1-10-6-7-11(17(18)19)8-13(10)16-14-9-20-15-5-3-2-4-12(14)15/h2-8,14,16H,9H2,1H3. The molecular formula is C15H14N2O3. The first-order valence-electron chi connectivity index (χ1n) is 6.38. The molecule has 0 aliphatic carbocycles. The maximum Gasteiger partial charge on any atom is 0.271 e. The van der Waals surface area contributed by atoms with Gasteiger partial charge in [0.1, 0.15) is 12.4 Å². The number of non-ortho nitro benzene ring substituents is 1. The number of rotatable bonds is 3. The van der Waals surface area contributed by atoms with E-state index in [0.29, 0.717) is 6.61 Å². The number of nitrogens with one attached hydrogen (secondary N) is 1. The molecule has 0 saturated heterocycles. The van der Waals surface area contributed by atoms with Gasteiger partial charge < -0.3 is 10.1 Å². The van der Waals surface area contributed by atoms with Crippen molar-refractivity contribution in [1.29, 1.82) is 0 Å². The van der Waals surface area contributed by atoms with Crippen LogP contribution in [0.25, 0.3) is 0 Å². The molecule has 0 bridgehead atoms. The Morgan fingerprint density at radius 1 is 1.30 bits per heavy atom. The van der Waals surface area contributed by atoms with Crippen LogP contribution in [-0.4, -0.2) is 11.5 Å². The maximum atomic E-state index is 10.9. The molecule has 1 unspecified atom stereocenters. The molecular weight excluding hydrogens is 256 g/mol. The van der Waals surface area contributed by atoms with Crippen LogP contribution >= 0.6 is 0 Å². The second-order valence-corrected chi connectivity index (χ2v) is 4.80. The van der Waals surface area contributed by atoms with Crippen molar-refractivity contribution in [3.8, 4) is 5.75 Å². The van der Waals surface area contributed by atoms with Gasteiger partial charge in [0.25, 0.3) is 5.69 Å². The Balaban J connectivity index is 1.89. The van der Waals surface area contributed by atoms with E-state index in [2.05, 4.69) is 5.32 Å². The lowest BCUT2D eigenvalue weighted by atomic mass is 10.1. The predicted octanol–water partition coefficient (Wildman–Crippen LogP) is 3.45. The molecule has 2 aromatic carbocycles. The fourth-order valence-electron chi connectivity index (χ4n) is 2.35. The van der Waals surface area contributed by atoms with Crippen LogP contribution in [-0.2, 0) is 0 Å². The topological polar surface area (TPSA) is 64.4 Å². The van der Waals surface area contributed by atoms with Gasteiger partial charge >= 0.3 is 0 Å². The number of nitro benzene ring substituents is 1. The van der Waals surface area contributed by atoms with E-state index in [4.69, 9.17) is 4.74 Å². The van der Waals surface area contributed by atoms with Gasteiger partial charge in [-0.15, -0.1) is 0 Å². The number of para-hydroxylation sites is 1. The van der Waals surface area contributed by atoms with E-state index in [1.807, 2.05) is 31.2 Å². The van der Waals surface area contributed by atoms with E-state index in [9.17, 15) is 10.1 Å². The average molecular weight is 270 g/mol. The normalized spacial score (nSPS) is 16.4. The Morgan fingerprint density at radius 3 is 2.90 bits per heavy atom. The van der Waals surface area contributed by atoms with Gasteiger partial charge in [0.15, 0.2) is 0 Å². The number of benzene rings is 2. The second kappa shape index (κ2) is 4.85. The van der Waals surface area contributed by atoms with Gasteiger partial charge in [-0.2, -0.15) is 0 Å². The molecule has 2 aromatic rings. The Labute approximate surface area is 116 Å². The number of aryl methyl sites for hydroxylation is 1. The molecule has 0 aromatic heterocycles. The van der Waals surface area contributed by atoms with E-state index < -0.39 is 0 Å². The van der Waals surface area contributed by atoms with Crippen molar-refractivity contribution in [1.82, 2.24) is 0 Å². The van der Waals surface area contributed by atoms with Gasteiger partial charge in [0.2, 0.25) is 0 Å². The van der Waals surface area contributed by atoms with Crippen LogP contribution in [0, 0.1) is 17.0 Å². The van der Waals surface area contributed by atoms with Crippen LogP contribution in [0.5, 0.6) is 5.75 Å². The number of fused-ring (bicyclic) bond motifs is 1. The van der Waals surface area contributed by atoms with Gasteiger partial charge in [0.05, 0.1) is 11.0 Å². The smallest absolute Gasteiger partial charge is 0.271 e. The van der Waals surface area contributed by atoms with E-state index in [1.165, 1.54) is 6.07 Å². The zero-order valence-corrected chi connectivity index (χ0v) is 11.0. The van der Waals surface area contributed by atoms with Gasteiger partial charge in [-0.3, -0.25) is 10.1 Å². The molecule has 3 rings (SSSR count). The zero-order valence-electron chi connectivity index (χ0n) is 11.0. The number of hydrogen-bond donors (Lipinski definition) is 1. The lowest BCUT2D eigenvalue weighted by molar-refractivity contribution is -0.384. The summed E-state index contributed by atoms with van der Waals surface area (Å²) < 4.78 is 5.60. The second-order valence-electron chi connectivity index (χ2n) is 4.80. The Bertz CT molecular complexity index is 670. The first-order chi connectivity index (χ1) is 9.65. The number of anilines is 1. The average Bonchev–Trinajstić information content (AvgIpc) is 2.84. The Kier molecular flexibility index (Phi) is 3.02. The number of ether oxygens (including phenoxy) is 1. The highest BCUT2D eigenvalue weighted by Crippen LogP contribution is 2.35. The van der Waals surface area contributed by atoms with Crippen LogP contribution in [0.4, 0.5) is 11.4 Å². The summed E-state index contributed by atoms with van der Waals surface area (Å²) in [6, 6.07) is 12.7. The van der Waals surface area contributed by atoms with Crippen molar-refractivity contribution >= 4 is 11.4 Å². The third-order valence-corrected chi connectivity index (χ3v) is 3.46. The summed E-state index contributed by atoms with van der Waals surface area (Å²) >= 11 is 0. The van der Waals surface area contributed by atoms with Crippen molar-refractivity contribution in [2.24, 2.45) is 0 Å². The minimum atomic E-state index is -0.385. The summed E-state index contributed by atoms with van der Waals surface area (Å²) in [6.45, 7) is 2.45. The van der Waals surface area contributed by atoms with Crippen molar-refractivity contribution in [2.75, 3.05) is 11.9 Å². The van der Waals surface area contributed by atoms with E-state index in [0.717, 1.165) is 22.6 Å². The molecule has 1 N–H and O–H groups in total. The molecule has 0 spiro atoms. The number of nitrogens with zero attached hydrogens (tertiary/aromatic N) is 1. The van der Waals surface area contributed by atoms with E-state index in [-0.39, 0.29) is 16.7 Å². The minimum absolute atomic E-state index is 0.0203. The molecule has 5 nitrogen and oxygen atoms in total. The predicted molar refractivity (Wildman–Crippen MR) is 76.1 cm³/mol. The molecule has 1 heterocycles. The monoisotopic (exact) mass is 270 g/mol. The summed E-state index contributed by atoms with van der Waals surface area (Å²) in [6.07, 6.45) is 0. The van der Waals surface area contributed by atoms with Gasteiger partial charge in [-0.05, 0) is 18.6 Å². The quantitative estimate of drug-likeness (QED) is 0.685. The van der Waals surface area contributed by atoms with Crippen molar-refractivity contribution in [3.63, 3.8) is 0 Å². The molecule has 1 aliphatic rings. The summed E-state index contributed by atoms with van der Waals surface area (Å²) in [4.78, 5) is 10.5. The van der Waals surface area contributed by atoms with Crippen molar-refractivity contribution in [3.05, 3.63) is 63.7 Å². The molecule has 0 fully saturated rings. The molecule has 0 radical (unpaired) electrons. The zero-order chi connectivity index (χ0) is 14.1. The lowest BCUT2D eigenvalue weighted by Crippen LogP contribution is -2.12. The highest BCUT2D eigenvalue weighted by molar-refractivity contribution is 5.59. The molecule has 1 aliphatic heterocycles. The van der Waals surface area contributed by atoms with Crippen LogP contribution < -0.4 is 10.1 Å². The maximum absolute atomic E-state index is 10.9. The fourth-order valence-corrected chi connectivity index (χ4v) is 2.35.